The number of hydrogen-bond acceptors (Lipinski definition) is 4. The summed E-state index contributed by atoms with van der Waals surface area (Å²) in [5, 5.41) is 19.3. The Hall–Kier alpha value is -2.91. The Kier molecular flexibility index (Phi) is 7.52. The summed E-state index contributed by atoms with van der Waals surface area (Å²) in [6.07, 6.45) is 4.63. The van der Waals surface area contributed by atoms with Crippen LogP contribution >= 0.6 is 0 Å². The number of fused-ring (bicyclic) bond motifs is 4. The van der Waals surface area contributed by atoms with Crippen molar-refractivity contribution in [3.8, 4) is 11.3 Å². The highest BCUT2D eigenvalue weighted by molar-refractivity contribution is 6.76. The van der Waals surface area contributed by atoms with Crippen LogP contribution in [0.5, 0.6) is 0 Å². The minimum absolute atomic E-state index is 0.152. The van der Waals surface area contributed by atoms with Gasteiger partial charge in [0.2, 0.25) is 5.91 Å². The van der Waals surface area contributed by atoms with Gasteiger partial charge >= 0.3 is 6.09 Å². The molecule has 0 saturated carbocycles. The van der Waals surface area contributed by atoms with Crippen LogP contribution in [0.2, 0.25) is 25.7 Å². The monoisotopic (exact) mass is 456 g/mol. The van der Waals surface area contributed by atoms with Gasteiger partial charge in [-0.3, -0.25) is 4.79 Å². The van der Waals surface area contributed by atoms with E-state index in [2.05, 4.69) is 35.4 Å². The number of carboxylic acid groups (broad SMARTS) is 1. The van der Waals surface area contributed by atoms with Gasteiger partial charge in [0.05, 0.1) is 29.5 Å². The summed E-state index contributed by atoms with van der Waals surface area (Å²) in [4.78, 5) is 24.1. The lowest BCUT2D eigenvalue weighted by Gasteiger charge is -2.19. The molecule has 0 unspecified atom stereocenters. The molecular weight excluding hydrogens is 424 g/mol. The summed E-state index contributed by atoms with van der Waals surface area (Å²) in [5.41, 5.74) is 3.01. The molecule has 0 aliphatic carbocycles. The number of ether oxygens (including phenoxy) is 1. The molecule has 9 heteroatoms. The number of aromatic nitrogens is 2. The minimum atomic E-state index is -1.21. The lowest BCUT2D eigenvalue weighted by atomic mass is 9.98. The standard InChI is InChI=1S/C23H32N4O4Si/c1-16-7-5-10-19(26-23(29)30)17-8-6-9-18(13-17)21-20(25-22(16)28)14-24-27(21)15-31-11-12-32(2,3)4/h5-9,13-14,16,19,26H,10-12,15H2,1-4H3,(H,25,28)(H,29,30)/b7-5+/t16-,19+/m1/s1. The van der Waals surface area contributed by atoms with E-state index in [1.54, 1.807) is 23.9 Å². The van der Waals surface area contributed by atoms with E-state index >= 15 is 0 Å². The Bertz CT molecular complexity index is 996. The fraction of sp³-hybridized carbons (Fsp3) is 0.435. The molecule has 1 aromatic carbocycles. The van der Waals surface area contributed by atoms with Gasteiger partial charge in [-0.05, 0) is 24.1 Å². The average molecular weight is 457 g/mol. The first-order valence-electron chi connectivity index (χ1n) is 10.8. The largest absolute Gasteiger partial charge is 0.465 e. The predicted molar refractivity (Wildman–Crippen MR) is 127 cm³/mol. The van der Waals surface area contributed by atoms with Gasteiger partial charge < -0.3 is 20.5 Å². The van der Waals surface area contributed by atoms with Crippen molar-refractivity contribution < 1.29 is 19.4 Å². The number of carbonyl (C=O) groups is 2. The van der Waals surface area contributed by atoms with Crippen molar-refractivity contribution in [1.29, 1.82) is 0 Å². The second kappa shape index (κ2) is 10.1. The third-order valence-electron chi connectivity index (χ3n) is 5.38. The number of nitrogens with one attached hydrogen (secondary N) is 2. The zero-order valence-corrected chi connectivity index (χ0v) is 20.1. The first-order chi connectivity index (χ1) is 15.1. The summed E-state index contributed by atoms with van der Waals surface area (Å²) >= 11 is 0. The van der Waals surface area contributed by atoms with Gasteiger partial charge in [-0.15, -0.1) is 0 Å². The Morgan fingerprint density at radius 2 is 2.16 bits per heavy atom. The molecule has 0 saturated heterocycles. The van der Waals surface area contributed by atoms with Crippen LogP contribution in [0.1, 0.15) is 24.9 Å². The Morgan fingerprint density at radius 3 is 2.88 bits per heavy atom. The SMILES string of the molecule is C[C@@H]1/C=C/C[C@H](NC(=O)O)c2cccc(c2)-c2c(cnn2COCC[Si](C)(C)C)NC1=O. The van der Waals surface area contributed by atoms with Gasteiger partial charge in [0, 0.05) is 20.2 Å². The van der Waals surface area contributed by atoms with Crippen LogP contribution in [0.3, 0.4) is 0 Å². The fourth-order valence-corrected chi connectivity index (χ4v) is 4.25. The van der Waals surface area contributed by atoms with E-state index in [0.717, 1.165) is 22.9 Å². The average Bonchev–Trinajstić information content (AvgIpc) is 3.11. The first-order valence-corrected chi connectivity index (χ1v) is 14.6. The molecule has 0 radical (unpaired) electrons. The van der Waals surface area contributed by atoms with Gasteiger partial charge in [-0.1, -0.05) is 56.9 Å². The van der Waals surface area contributed by atoms with Gasteiger partial charge in [-0.2, -0.15) is 5.10 Å². The quantitative estimate of drug-likeness (QED) is 0.332. The summed E-state index contributed by atoms with van der Waals surface area (Å²) in [6.45, 7) is 9.64. The molecular formula is C23H32N4O4Si. The second-order valence-corrected chi connectivity index (χ2v) is 14.9. The molecule has 1 aliphatic heterocycles. The lowest BCUT2D eigenvalue weighted by Crippen LogP contribution is -2.26. The number of carbonyl (C=O) groups excluding carboxylic acids is 1. The Labute approximate surface area is 189 Å². The molecule has 2 bridgehead atoms. The van der Waals surface area contributed by atoms with Crippen LogP contribution in [0, 0.1) is 5.92 Å². The van der Waals surface area contributed by atoms with Crippen molar-refractivity contribution >= 4 is 25.8 Å². The number of hydrogen-bond donors (Lipinski definition) is 3. The maximum Gasteiger partial charge on any atom is 0.405 e. The van der Waals surface area contributed by atoms with Gasteiger partial charge in [0.25, 0.3) is 0 Å². The summed E-state index contributed by atoms with van der Waals surface area (Å²) in [6, 6.07) is 8.27. The van der Waals surface area contributed by atoms with Crippen LogP contribution in [0.15, 0.2) is 42.6 Å². The van der Waals surface area contributed by atoms with E-state index in [0.29, 0.717) is 18.7 Å². The van der Waals surface area contributed by atoms with Crippen LogP contribution in [-0.2, 0) is 16.3 Å². The molecule has 1 aromatic heterocycles. The van der Waals surface area contributed by atoms with E-state index in [1.807, 2.05) is 30.3 Å². The highest BCUT2D eigenvalue weighted by Gasteiger charge is 2.21. The lowest BCUT2D eigenvalue weighted by molar-refractivity contribution is -0.118. The molecule has 2 heterocycles. The number of anilines is 1. The van der Waals surface area contributed by atoms with Crippen molar-refractivity contribution in [2.75, 3.05) is 11.9 Å². The summed E-state index contributed by atoms with van der Waals surface area (Å²) in [5.74, 6) is -0.524. The molecule has 1 aliphatic rings. The smallest absolute Gasteiger partial charge is 0.405 e. The van der Waals surface area contributed by atoms with Gasteiger partial charge in [0.15, 0.2) is 0 Å². The second-order valence-electron chi connectivity index (χ2n) is 9.32. The highest BCUT2D eigenvalue weighted by Crippen LogP contribution is 2.32. The molecule has 2 aromatic rings. The van der Waals surface area contributed by atoms with Crippen molar-refractivity contribution in [1.82, 2.24) is 15.1 Å². The van der Waals surface area contributed by atoms with Crippen molar-refractivity contribution in [2.24, 2.45) is 5.92 Å². The molecule has 2 amide bonds. The van der Waals surface area contributed by atoms with E-state index in [9.17, 15) is 14.7 Å². The van der Waals surface area contributed by atoms with E-state index < -0.39 is 20.2 Å². The number of rotatable bonds is 6. The maximum absolute atomic E-state index is 12.7. The maximum atomic E-state index is 12.7. The Balaban J connectivity index is 1.98. The molecule has 8 nitrogen and oxygen atoms in total. The zero-order chi connectivity index (χ0) is 23.3. The van der Waals surface area contributed by atoms with Crippen LogP contribution in [-0.4, -0.2) is 41.6 Å². The van der Waals surface area contributed by atoms with Crippen molar-refractivity contribution in [3.63, 3.8) is 0 Å². The summed E-state index contributed by atoms with van der Waals surface area (Å²) < 4.78 is 7.65. The Morgan fingerprint density at radius 1 is 1.38 bits per heavy atom. The number of benzene rings is 1. The topological polar surface area (TPSA) is 105 Å². The first kappa shape index (κ1) is 23.7. The third-order valence-corrected chi connectivity index (χ3v) is 7.08. The molecule has 3 N–H and O–H groups in total. The molecule has 3 rings (SSSR count). The molecule has 0 spiro atoms. The van der Waals surface area contributed by atoms with Crippen molar-refractivity contribution in [3.05, 3.63) is 48.2 Å². The normalized spacial score (nSPS) is 19.8. The van der Waals surface area contributed by atoms with E-state index in [-0.39, 0.29) is 18.6 Å². The fourth-order valence-electron chi connectivity index (χ4n) is 3.49. The molecule has 2 atom stereocenters. The van der Waals surface area contributed by atoms with E-state index in [1.165, 1.54) is 0 Å². The van der Waals surface area contributed by atoms with Crippen LogP contribution < -0.4 is 10.6 Å². The van der Waals surface area contributed by atoms with Gasteiger partial charge in [-0.25, -0.2) is 9.48 Å². The predicted octanol–water partition coefficient (Wildman–Crippen LogP) is 4.71. The molecule has 172 valence electrons. The zero-order valence-electron chi connectivity index (χ0n) is 19.1. The highest BCUT2D eigenvalue weighted by atomic mass is 28.3. The number of nitrogens with zero attached hydrogens (tertiary/aromatic N) is 2. The number of amides is 2. The summed E-state index contributed by atoms with van der Waals surface area (Å²) in [7, 11) is -1.21. The van der Waals surface area contributed by atoms with Crippen LogP contribution in [0.25, 0.3) is 11.3 Å². The van der Waals surface area contributed by atoms with Crippen molar-refractivity contribution in [2.45, 2.75) is 51.8 Å². The molecule has 0 fully saturated rings. The third kappa shape index (κ3) is 6.30. The van der Waals surface area contributed by atoms with E-state index in [4.69, 9.17) is 4.74 Å². The van der Waals surface area contributed by atoms with Gasteiger partial charge in [0.1, 0.15) is 6.73 Å². The minimum Gasteiger partial charge on any atom is -0.465 e. The van der Waals surface area contributed by atoms with Crippen LogP contribution in [0.4, 0.5) is 10.5 Å². The molecule has 32 heavy (non-hydrogen) atoms.